The van der Waals surface area contributed by atoms with E-state index in [1.807, 2.05) is 0 Å². The minimum Gasteiger partial charge on any atom is -0.424 e. The van der Waals surface area contributed by atoms with Crippen molar-refractivity contribution < 1.29 is 19.1 Å². The molecule has 2 aliphatic rings. The Labute approximate surface area is 165 Å². The molecular formula is C18H20BrClN2O4. The van der Waals surface area contributed by atoms with Gasteiger partial charge in [0.15, 0.2) is 0 Å². The van der Waals surface area contributed by atoms with E-state index < -0.39 is 24.1 Å². The monoisotopic (exact) mass is 442 g/mol. The number of benzene rings is 1. The van der Waals surface area contributed by atoms with E-state index in [9.17, 15) is 14.4 Å². The van der Waals surface area contributed by atoms with Crippen LogP contribution in [0.4, 0.5) is 4.79 Å². The van der Waals surface area contributed by atoms with Crippen LogP contribution in [0.5, 0.6) is 5.75 Å². The number of esters is 1. The number of ether oxygens (including phenoxy) is 1. The van der Waals surface area contributed by atoms with Crippen molar-refractivity contribution in [2.45, 2.75) is 44.6 Å². The largest absolute Gasteiger partial charge is 0.424 e. The number of hydrogen-bond acceptors (Lipinski definition) is 4. The highest BCUT2D eigenvalue weighted by atomic mass is 79.9. The van der Waals surface area contributed by atoms with Gasteiger partial charge >= 0.3 is 12.0 Å². The van der Waals surface area contributed by atoms with Gasteiger partial charge in [-0.1, -0.05) is 24.9 Å². The van der Waals surface area contributed by atoms with Gasteiger partial charge in [-0.15, -0.1) is 0 Å². The number of hydrogen-bond donors (Lipinski definition) is 1. The molecule has 1 spiro atoms. The molecule has 1 N–H and O–H groups in total. The lowest BCUT2D eigenvalue weighted by Crippen LogP contribution is -2.49. The predicted molar refractivity (Wildman–Crippen MR) is 100 cm³/mol. The molecule has 0 radical (unpaired) electrons. The predicted octanol–water partition coefficient (Wildman–Crippen LogP) is 3.90. The minimum atomic E-state index is -0.857. The van der Waals surface area contributed by atoms with E-state index in [1.54, 1.807) is 18.2 Å². The smallest absolute Gasteiger partial charge is 0.331 e. The van der Waals surface area contributed by atoms with Gasteiger partial charge in [0.05, 0.1) is 4.47 Å². The number of halogens is 2. The van der Waals surface area contributed by atoms with Gasteiger partial charge in [0.2, 0.25) is 0 Å². The Morgan fingerprint density at radius 2 is 2.08 bits per heavy atom. The van der Waals surface area contributed by atoms with E-state index in [1.165, 1.54) is 0 Å². The fraction of sp³-hybridized carbons (Fsp3) is 0.500. The van der Waals surface area contributed by atoms with Crippen molar-refractivity contribution in [3.8, 4) is 5.75 Å². The van der Waals surface area contributed by atoms with Crippen LogP contribution in [0.15, 0.2) is 22.7 Å². The molecule has 3 rings (SSSR count). The number of nitrogens with one attached hydrogen (secondary N) is 1. The summed E-state index contributed by atoms with van der Waals surface area (Å²) < 4.78 is 5.77. The number of rotatable bonds is 4. The van der Waals surface area contributed by atoms with Crippen LogP contribution in [-0.4, -0.2) is 34.9 Å². The van der Waals surface area contributed by atoms with Crippen LogP contribution in [0.3, 0.4) is 0 Å². The van der Waals surface area contributed by atoms with Gasteiger partial charge in [0.1, 0.15) is 17.8 Å². The summed E-state index contributed by atoms with van der Waals surface area (Å²) in [5.74, 6) is -0.142. The zero-order chi connectivity index (χ0) is 18.9. The molecule has 2 fully saturated rings. The molecule has 1 aliphatic carbocycles. The van der Waals surface area contributed by atoms with E-state index in [2.05, 4.69) is 28.2 Å². The highest BCUT2D eigenvalue weighted by molar-refractivity contribution is 9.10. The Balaban J connectivity index is 1.65. The minimum absolute atomic E-state index is 0.282. The number of carbonyl (C=O) groups is 3. The molecule has 1 aliphatic heterocycles. The molecule has 1 saturated heterocycles. The zero-order valence-electron chi connectivity index (χ0n) is 14.4. The summed E-state index contributed by atoms with van der Waals surface area (Å²) in [5.41, 5.74) is -0.857. The van der Waals surface area contributed by atoms with E-state index in [4.69, 9.17) is 16.3 Å². The van der Waals surface area contributed by atoms with Crippen LogP contribution < -0.4 is 10.1 Å². The normalized spacial score (nSPS) is 25.5. The summed E-state index contributed by atoms with van der Waals surface area (Å²) in [6.07, 6.45) is 4.11. The van der Waals surface area contributed by atoms with Crippen molar-refractivity contribution in [2.75, 3.05) is 6.54 Å². The lowest BCUT2D eigenvalue weighted by atomic mass is 9.75. The first-order valence-corrected chi connectivity index (χ1v) is 9.81. The first kappa shape index (κ1) is 19.2. The summed E-state index contributed by atoms with van der Waals surface area (Å²) in [7, 11) is 0. The summed E-state index contributed by atoms with van der Waals surface area (Å²) in [4.78, 5) is 38.2. The van der Waals surface area contributed by atoms with Crippen molar-refractivity contribution in [3.05, 3.63) is 27.7 Å². The Bertz CT molecular complexity index is 747. The van der Waals surface area contributed by atoms with Crippen LogP contribution >= 0.6 is 27.5 Å². The quantitative estimate of drug-likeness (QED) is 0.435. The molecular weight excluding hydrogens is 424 g/mol. The van der Waals surface area contributed by atoms with Gasteiger partial charge in [-0.3, -0.25) is 9.69 Å². The number of carbonyl (C=O) groups excluding carboxylic acids is 3. The fourth-order valence-corrected chi connectivity index (χ4v) is 4.34. The molecule has 1 heterocycles. The fourth-order valence-electron chi connectivity index (χ4n) is 3.58. The maximum atomic E-state index is 12.8. The molecule has 0 bridgehead atoms. The average molecular weight is 444 g/mol. The van der Waals surface area contributed by atoms with Gasteiger partial charge in [0, 0.05) is 5.02 Å². The van der Waals surface area contributed by atoms with Crippen LogP contribution in [0.2, 0.25) is 5.02 Å². The molecule has 0 atom stereocenters. The second-order valence-electron chi connectivity index (χ2n) is 6.80. The van der Waals surface area contributed by atoms with Gasteiger partial charge in [-0.05, 0) is 65.7 Å². The Kier molecular flexibility index (Phi) is 5.58. The molecule has 26 heavy (non-hydrogen) atoms. The summed E-state index contributed by atoms with van der Waals surface area (Å²) in [6, 6.07) is 4.20. The summed E-state index contributed by atoms with van der Waals surface area (Å²) >= 11 is 9.12. The lowest BCUT2D eigenvalue weighted by Gasteiger charge is -2.34. The van der Waals surface area contributed by atoms with Crippen LogP contribution in [0, 0.1) is 5.92 Å². The molecule has 1 aromatic carbocycles. The van der Waals surface area contributed by atoms with Crippen molar-refractivity contribution in [1.82, 2.24) is 10.2 Å². The molecule has 0 unspecified atom stereocenters. The third kappa shape index (κ3) is 3.74. The van der Waals surface area contributed by atoms with E-state index >= 15 is 0 Å². The molecule has 8 heteroatoms. The molecule has 1 saturated carbocycles. The summed E-state index contributed by atoms with van der Waals surface area (Å²) in [6.45, 7) is 1.72. The van der Waals surface area contributed by atoms with E-state index in [-0.39, 0.29) is 11.7 Å². The topological polar surface area (TPSA) is 75.7 Å². The third-order valence-electron chi connectivity index (χ3n) is 5.19. The van der Waals surface area contributed by atoms with Gasteiger partial charge in [-0.2, -0.15) is 0 Å². The molecule has 3 amide bonds. The highest BCUT2D eigenvalue weighted by Crippen LogP contribution is 2.37. The number of urea groups is 1. The first-order valence-electron chi connectivity index (χ1n) is 8.64. The number of amides is 3. The highest BCUT2D eigenvalue weighted by Gasteiger charge is 2.52. The van der Waals surface area contributed by atoms with E-state index in [0.717, 1.165) is 24.2 Å². The standard InChI is InChI=1S/C18H20BrClN2O4/c1-2-11-5-7-18(8-6-11)16(24)22(17(25)21-18)10-15(23)26-14-4-3-12(20)9-13(14)19/h3-4,9,11H,2,5-8,10H2,1H3,(H,21,25). The van der Waals surface area contributed by atoms with Gasteiger partial charge < -0.3 is 10.1 Å². The SMILES string of the molecule is CCC1CCC2(CC1)NC(=O)N(CC(=O)Oc1ccc(Cl)cc1Br)C2=O. The molecule has 1 aromatic rings. The molecule has 140 valence electrons. The second kappa shape index (κ2) is 7.56. The Morgan fingerprint density at radius 3 is 2.69 bits per heavy atom. The van der Waals surface area contributed by atoms with Gasteiger partial charge in [0.25, 0.3) is 5.91 Å². The molecule has 0 aromatic heterocycles. The summed E-state index contributed by atoms with van der Waals surface area (Å²) in [5, 5.41) is 3.30. The third-order valence-corrected chi connectivity index (χ3v) is 6.04. The maximum Gasteiger partial charge on any atom is 0.331 e. The second-order valence-corrected chi connectivity index (χ2v) is 8.09. The van der Waals surface area contributed by atoms with Crippen molar-refractivity contribution in [2.24, 2.45) is 5.92 Å². The van der Waals surface area contributed by atoms with Gasteiger partial charge in [-0.25, -0.2) is 9.59 Å². The number of imide groups is 1. The van der Waals surface area contributed by atoms with Crippen molar-refractivity contribution in [1.29, 1.82) is 0 Å². The average Bonchev–Trinajstić information content (AvgIpc) is 2.82. The van der Waals surface area contributed by atoms with Crippen LogP contribution in [-0.2, 0) is 9.59 Å². The molecule has 6 nitrogen and oxygen atoms in total. The van der Waals surface area contributed by atoms with E-state index in [0.29, 0.717) is 28.3 Å². The maximum absolute atomic E-state index is 12.8. The Morgan fingerprint density at radius 1 is 1.38 bits per heavy atom. The first-order chi connectivity index (χ1) is 12.3. The van der Waals surface area contributed by atoms with Crippen LogP contribution in [0.25, 0.3) is 0 Å². The Hall–Kier alpha value is -1.60. The lowest BCUT2D eigenvalue weighted by molar-refractivity contribution is -0.141. The van der Waals surface area contributed by atoms with Crippen LogP contribution in [0.1, 0.15) is 39.0 Å². The zero-order valence-corrected chi connectivity index (χ0v) is 16.7. The van der Waals surface area contributed by atoms with Crippen molar-refractivity contribution in [3.63, 3.8) is 0 Å². The van der Waals surface area contributed by atoms with Crippen molar-refractivity contribution >= 4 is 45.4 Å². The number of nitrogens with zero attached hydrogens (tertiary/aromatic N) is 1.